The number of hydrogen-bond acceptors (Lipinski definition) is 11. The quantitative estimate of drug-likeness (QED) is 0.169. The molecule has 400 valence electrons. The summed E-state index contributed by atoms with van der Waals surface area (Å²) in [4.78, 5) is 134. The highest BCUT2D eigenvalue weighted by molar-refractivity contribution is 5.99. The lowest BCUT2D eigenvalue weighted by molar-refractivity contribution is -0.161. The van der Waals surface area contributed by atoms with E-state index in [1.54, 1.807) is 63.2 Å². The third kappa shape index (κ3) is 15.5. The molecule has 3 aliphatic rings. The van der Waals surface area contributed by atoms with Gasteiger partial charge >= 0.3 is 5.97 Å². The van der Waals surface area contributed by atoms with Crippen molar-refractivity contribution in [1.29, 1.82) is 0 Å². The average molecular weight is 1020 g/mol. The topological polar surface area (TPSA) is 253 Å². The van der Waals surface area contributed by atoms with Crippen LogP contribution in [-0.4, -0.2) is 148 Å². The van der Waals surface area contributed by atoms with Crippen LogP contribution < -0.4 is 26.6 Å². The molecule has 73 heavy (non-hydrogen) atoms. The fraction of sp³-hybridized carbons (Fsp3) is 0.611. The Labute approximate surface area is 429 Å². The molecule has 0 aliphatic carbocycles. The fourth-order valence-corrected chi connectivity index (χ4v) is 9.82. The Kier molecular flexibility index (Phi) is 20.8. The Balaban J connectivity index is 1.62. The first-order chi connectivity index (χ1) is 34.6. The lowest BCUT2D eigenvalue weighted by Crippen LogP contribution is -2.61. The van der Waals surface area contributed by atoms with Crippen LogP contribution in [0.25, 0.3) is 0 Å². The molecule has 0 spiro atoms. The molecule has 19 nitrogen and oxygen atoms in total. The van der Waals surface area contributed by atoms with Crippen LogP contribution in [0.15, 0.2) is 54.6 Å². The SMILES string of the molecule is CCCC(=O)NC1C(=O)NC(Cc2ccccc2)C(=O)NC(CC(C)C)C(=O)NC(C(C)C)C(=O)N2CCCC2C(=O)N2CCCC2C(=O)NC(CC(C)C)C(=O)N(C)C(Cc2ccc(O)cc2)C(=O)OC1C. The van der Waals surface area contributed by atoms with E-state index in [2.05, 4.69) is 26.6 Å². The number of hydrogen-bond donors (Lipinski definition) is 6. The van der Waals surface area contributed by atoms with Gasteiger partial charge in [0.2, 0.25) is 47.3 Å². The van der Waals surface area contributed by atoms with Crippen LogP contribution in [0.3, 0.4) is 0 Å². The number of aromatic hydroxyl groups is 1. The molecule has 9 unspecified atom stereocenters. The molecule has 3 aliphatic heterocycles. The minimum Gasteiger partial charge on any atom is -0.508 e. The maximum Gasteiger partial charge on any atom is 0.329 e. The zero-order valence-electron chi connectivity index (χ0n) is 44.0. The molecule has 3 saturated heterocycles. The highest BCUT2D eigenvalue weighted by atomic mass is 16.5. The fourth-order valence-electron chi connectivity index (χ4n) is 9.82. The molecule has 8 amide bonds. The molecule has 0 bridgehead atoms. The van der Waals surface area contributed by atoms with Crippen molar-refractivity contribution in [2.75, 3.05) is 20.1 Å². The molecule has 19 heteroatoms. The van der Waals surface area contributed by atoms with Crippen LogP contribution >= 0.6 is 0 Å². The van der Waals surface area contributed by atoms with Crippen LogP contribution in [0.4, 0.5) is 0 Å². The molecule has 2 aromatic carbocycles. The van der Waals surface area contributed by atoms with Gasteiger partial charge in [-0.1, -0.05) is 90.9 Å². The van der Waals surface area contributed by atoms with Crippen molar-refractivity contribution in [3.8, 4) is 5.75 Å². The Morgan fingerprint density at radius 2 is 1.22 bits per heavy atom. The summed E-state index contributed by atoms with van der Waals surface area (Å²) in [7, 11) is 1.40. The molecule has 3 fully saturated rings. The maximum absolute atomic E-state index is 14.8. The Morgan fingerprint density at radius 3 is 1.82 bits per heavy atom. The molecular weight excluding hydrogens is 937 g/mol. The summed E-state index contributed by atoms with van der Waals surface area (Å²) in [6, 6.07) is 5.22. The van der Waals surface area contributed by atoms with E-state index >= 15 is 0 Å². The zero-order chi connectivity index (χ0) is 53.7. The van der Waals surface area contributed by atoms with E-state index < -0.39 is 114 Å². The number of benzene rings is 2. The van der Waals surface area contributed by atoms with Gasteiger partial charge in [0.15, 0.2) is 0 Å². The second-order valence-electron chi connectivity index (χ2n) is 21.0. The van der Waals surface area contributed by atoms with Crippen molar-refractivity contribution in [2.45, 2.75) is 174 Å². The van der Waals surface area contributed by atoms with Gasteiger partial charge in [0.05, 0.1) is 0 Å². The van der Waals surface area contributed by atoms with Gasteiger partial charge in [0.25, 0.3) is 0 Å². The summed E-state index contributed by atoms with van der Waals surface area (Å²) in [6.45, 7) is 14.7. The minimum absolute atomic E-state index is 0.0130. The van der Waals surface area contributed by atoms with Gasteiger partial charge < -0.3 is 51.1 Å². The van der Waals surface area contributed by atoms with Gasteiger partial charge in [0.1, 0.15) is 60.2 Å². The van der Waals surface area contributed by atoms with Crippen molar-refractivity contribution >= 4 is 53.2 Å². The number of likely N-dealkylation sites (N-methyl/N-ethyl adjacent to an activating group) is 1. The van der Waals surface area contributed by atoms with Crippen LogP contribution in [0, 0.1) is 17.8 Å². The number of carbonyl (C=O) groups excluding carboxylic acids is 9. The van der Waals surface area contributed by atoms with Gasteiger partial charge in [-0.2, -0.15) is 0 Å². The highest BCUT2D eigenvalue weighted by Crippen LogP contribution is 2.27. The molecule has 5 rings (SSSR count). The Hall–Kier alpha value is -6.53. The molecular formula is C54H78N8O11. The van der Waals surface area contributed by atoms with Gasteiger partial charge in [-0.25, -0.2) is 4.79 Å². The first-order valence-electron chi connectivity index (χ1n) is 26.0. The summed E-state index contributed by atoms with van der Waals surface area (Å²) >= 11 is 0. The number of nitrogens with one attached hydrogen (secondary N) is 5. The summed E-state index contributed by atoms with van der Waals surface area (Å²) < 4.78 is 6.05. The standard InChI is InChI=1S/C54H78N8O11/c1-10-16-44(64)58-46-34(8)73-54(72)43(30-36-21-23-37(63)24-22-36)60(9)51(69)40(28-32(4)5)57-49(67)41-19-14-25-61(41)52(70)42-20-15-26-62(42)53(71)45(33(6)7)59-48(66)38(27-31(2)3)55-47(65)39(56-50(46)68)29-35-17-12-11-13-18-35/h11-13,17-18,21-24,31-34,38-43,45-46,63H,10,14-16,19-20,25-30H2,1-9H3,(H,55,65)(H,56,68)(H,57,67)(H,58,64)(H,59,66). The number of rotatable bonds is 12. The first-order valence-corrected chi connectivity index (χ1v) is 26.0. The lowest BCUT2D eigenvalue weighted by Gasteiger charge is -2.35. The number of fused-ring (bicyclic) bond motifs is 2. The second kappa shape index (κ2) is 26.4. The second-order valence-corrected chi connectivity index (χ2v) is 21.0. The molecule has 0 aromatic heterocycles. The van der Waals surface area contributed by atoms with E-state index in [0.29, 0.717) is 43.2 Å². The van der Waals surface area contributed by atoms with E-state index in [4.69, 9.17) is 4.74 Å². The summed E-state index contributed by atoms with van der Waals surface area (Å²) in [5, 5.41) is 24.2. The highest BCUT2D eigenvalue weighted by Gasteiger charge is 2.46. The summed E-state index contributed by atoms with van der Waals surface area (Å²) in [5.41, 5.74) is 1.18. The number of phenolic OH excluding ortho intramolecular Hbond substituents is 1. The molecule has 2 aromatic rings. The normalized spacial score (nSPS) is 26.6. The number of amides is 8. The van der Waals surface area contributed by atoms with Crippen LogP contribution in [0.5, 0.6) is 5.75 Å². The van der Waals surface area contributed by atoms with Gasteiger partial charge in [0, 0.05) is 39.4 Å². The third-order valence-electron chi connectivity index (χ3n) is 13.8. The van der Waals surface area contributed by atoms with Gasteiger partial charge in [-0.15, -0.1) is 0 Å². The van der Waals surface area contributed by atoms with Crippen LogP contribution in [0.2, 0.25) is 0 Å². The Morgan fingerprint density at radius 1 is 0.671 bits per heavy atom. The number of carbonyl (C=O) groups is 9. The number of ether oxygens (including phenoxy) is 1. The molecule has 0 saturated carbocycles. The van der Waals surface area contributed by atoms with Crippen molar-refractivity contribution in [3.05, 3.63) is 65.7 Å². The average Bonchev–Trinajstić information content (AvgIpc) is 4.04. The van der Waals surface area contributed by atoms with E-state index in [9.17, 15) is 48.3 Å². The molecule has 3 heterocycles. The number of nitrogens with zero attached hydrogens (tertiary/aromatic N) is 3. The van der Waals surface area contributed by atoms with Crippen molar-refractivity contribution in [2.24, 2.45) is 17.8 Å². The van der Waals surface area contributed by atoms with E-state index in [1.165, 1.54) is 40.8 Å². The summed E-state index contributed by atoms with van der Waals surface area (Å²) in [6.07, 6.45) is 0.772. The molecule has 6 N–H and O–H groups in total. The number of cyclic esters (lactones) is 1. The van der Waals surface area contributed by atoms with Crippen LogP contribution in [0.1, 0.15) is 118 Å². The van der Waals surface area contributed by atoms with E-state index in [1.807, 2.05) is 27.7 Å². The van der Waals surface area contributed by atoms with Crippen molar-refractivity contribution in [1.82, 2.24) is 41.3 Å². The Bertz CT molecular complexity index is 2270. The predicted molar refractivity (Wildman–Crippen MR) is 272 cm³/mol. The zero-order valence-corrected chi connectivity index (χ0v) is 44.0. The predicted octanol–water partition coefficient (Wildman–Crippen LogP) is 2.90. The minimum atomic E-state index is -1.56. The van der Waals surface area contributed by atoms with Crippen LogP contribution in [-0.2, 0) is 60.7 Å². The van der Waals surface area contributed by atoms with Crippen molar-refractivity contribution < 1.29 is 53.0 Å². The van der Waals surface area contributed by atoms with Gasteiger partial charge in [-0.05, 0) is 92.9 Å². The monoisotopic (exact) mass is 1010 g/mol. The van der Waals surface area contributed by atoms with Crippen molar-refractivity contribution in [3.63, 3.8) is 0 Å². The molecule has 0 radical (unpaired) electrons. The van der Waals surface area contributed by atoms with Gasteiger partial charge in [-0.3, -0.25) is 38.4 Å². The number of phenols is 1. The largest absolute Gasteiger partial charge is 0.508 e. The molecule has 9 atom stereocenters. The third-order valence-corrected chi connectivity index (χ3v) is 13.8. The smallest absolute Gasteiger partial charge is 0.329 e. The summed E-state index contributed by atoms with van der Waals surface area (Å²) in [5.74, 6) is -6.61. The van der Waals surface area contributed by atoms with E-state index in [-0.39, 0.29) is 62.8 Å². The lowest BCUT2D eigenvalue weighted by atomic mass is 9.98. The van der Waals surface area contributed by atoms with E-state index in [0.717, 1.165) is 0 Å². The maximum atomic E-state index is 14.8. The first kappa shape index (κ1) is 57.4. The number of esters is 1.